The van der Waals surface area contributed by atoms with Crippen molar-refractivity contribution < 1.29 is 0 Å². The molecule has 4 heteroatoms. The van der Waals surface area contributed by atoms with Crippen LogP contribution in [0.25, 0.3) is 0 Å². The van der Waals surface area contributed by atoms with Gasteiger partial charge in [-0.3, -0.25) is 4.68 Å². The van der Waals surface area contributed by atoms with Crippen LogP contribution in [0.5, 0.6) is 0 Å². The second-order valence-electron chi connectivity index (χ2n) is 3.57. The number of aryl methyl sites for hydroxylation is 1. The molecule has 1 fully saturated rings. The summed E-state index contributed by atoms with van der Waals surface area (Å²) < 4.78 is 3.07. The molecule has 1 saturated heterocycles. The molecule has 1 aliphatic rings. The first-order valence-electron chi connectivity index (χ1n) is 4.73. The highest BCUT2D eigenvalue weighted by atomic mass is 79.9. The number of nitrogens with zero attached hydrogens (tertiary/aromatic N) is 2. The molecule has 1 aliphatic heterocycles. The van der Waals surface area contributed by atoms with Gasteiger partial charge in [-0.25, -0.2) is 0 Å². The third-order valence-electron chi connectivity index (χ3n) is 2.53. The zero-order chi connectivity index (χ0) is 9.10. The SMILES string of the molecule is Brc1cnn(CCC2CCNC2)c1. The Labute approximate surface area is 86.6 Å². The van der Waals surface area contributed by atoms with Crippen LogP contribution in [0.15, 0.2) is 16.9 Å². The van der Waals surface area contributed by atoms with E-state index >= 15 is 0 Å². The summed E-state index contributed by atoms with van der Waals surface area (Å²) in [5.41, 5.74) is 0. The van der Waals surface area contributed by atoms with E-state index in [0.717, 1.165) is 16.9 Å². The van der Waals surface area contributed by atoms with Crippen LogP contribution in [0, 0.1) is 5.92 Å². The van der Waals surface area contributed by atoms with Crippen molar-refractivity contribution in [2.75, 3.05) is 13.1 Å². The largest absolute Gasteiger partial charge is 0.316 e. The molecule has 1 atom stereocenters. The molecule has 2 heterocycles. The molecule has 2 rings (SSSR count). The number of nitrogens with one attached hydrogen (secondary N) is 1. The number of aromatic nitrogens is 2. The number of rotatable bonds is 3. The summed E-state index contributed by atoms with van der Waals surface area (Å²) >= 11 is 3.39. The van der Waals surface area contributed by atoms with E-state index in [2.05, 4.69) is 26.3 Å². The van der Waals surface area contributed by atoms with Gasteiger partial charge in [0.2, 0.25) is 0 Å². The molecule has 1 N–H and O–H groups in total. The summed E-state index contributed by atoms with van der Waals surface area (Å²) in [4.78, 5) is 0. The highest BCUT2D eigenvalue weighted by molar-refractivity contribution is 9.10. The first kappa shape index (κ1) is 9.21. The van der Waals surface area contributed by atoms with Crippen LogP contribution in [-0.2, 0) is 6.54 Å². The lowest BCUT2D eigenvalue weighted by atomic mass is 10.1. The highest BCUT2D eigenvalue weighted by Gasteiger charge is 2.13. The molecule has 0 spiro atoms. The van der Waals surface area contributed by atoms with Gasteiger partial charge in [0, 0.05) is 12.7 Å². The van der Waals surface area contributed by atoms with Crippen molar-refractivity contribution in [3.05, 3.63) is 16.9 Å². The Morgan fingerprint density at radius 3 is 3.23 bits per heavy atom. The van der Waals surface area contributed by atoms with Crippen LogP contribution in [0.2, 0.25) is 0 Å². The first-order chi connectivity index (χ1) is 6.34. The van der Waals surface area contributed by atoms with Gasteiger partial charge in [0.25, 0.3) is 0 Å². The molecule has 1 aromatic rings. The summed E-state index contributed by atoms with van der Waals surface area (Å²) in [7, 11) is 0. The fourth-order valence-corrected chi connectivity index (χ4v) is 2.06. The second kappa shape index (κ2) is 4.24. The normalized spacial score (nSPS) is 22.4. The molecule has 1 aromatic heterocycles. The molecule has 0 amide bonds. The fourth-order valence-electron chi connectivity index (χ4n) is 1.74. The summed E-state index contributed by atoms with van der Waals surface area (Å²) in [5, 5.41) is 7.60. The van der Waals surface area contributed by atoms with Crippen molar-refractivity contribution in [3.63, 3.8) is 0 Å². The standard InChI is InChI=1S/C9H14BrN3/c10-9-6-12-13(7-9)4-2-8-1-3-11-5-8/h6-8,11H,1-5H2. The van der Waals surface area contributed by atoms with Gasteiger partial charge in [-0.15, -0.1) is 0 Å². The Kier molecular flexibility index (Phi) is 3.01. The van der Waals surface area contributed by atoms with Crippen LogP contribution < -0.4 is 5.32 Å². The van der Waals surface area contributed by atoms with Gasteiger partial charge in [0.05, 0.1) is 10.7 Å². The monoisotopic (exact) mass is 243 g/mol. The molecule has 0 aliphatic carbocycles. The zero-order valence-electron chi connectivity index (χ0n) is 7.54. The molecule has 0 saturated carbocycles. The topological polar surface area (TPSA) is 29.9 Å². The minimum absolute atomic E-state index is 0.850. The van der Waals surface area contributed by atoms with E-state index in [1.165, 1.54) is 25.9 Å². The van der Waals surface area contributed by atoms with E-state index in [1.807, 2.05) is 17.1 Å². The van der Waals surface area contributed by atoms with Gasteiger partial charge in [-0.2, -0.15) is 5.10 Å². The van der Waals surface area contributed by atoms with Gasteiger partial charge in [0.1, 0.15) is 0 Å². The van der Waals surface area contributed by atoms with Crippen molar-refractivity contribution in [3.8, 4) is 0 Å². The van der Waals surface area contributed by atoms with Crippen molar-refractivity contribution in [2.24, 2.45) is 5.92 Å². The maximum Gasteiger partial charge on any atom is 0.0632 e. The van der Waals surface area contributed by atoms with Crippen molar-refractivity contribution in [1.29, 1.82) is 0 Å². The molecule has 3 nitrogen and oxygen atoms in total. The number of hydrogen-bond donors (Lipinski definition) is 1. The van der Waals surface area contributed by atoms with Crippen molar-refractivity contribution >= 4 is 15.9 Å². The summed E-state index contributed by atoms with van der Waals surface area (Å²) in [6, 6.07) is 0. The van der Waals surface area contributed by atoms with E-state index in [1.54, 1.807) is 0 Å². The van der Waals surface area contributed by atoms with Gasteiger partial charge in [0.15, 0.2) is 0 Å². The Balaban J connectivity index is 1.78. The minimum atomic E-state index is 0.850. The lowest BCUT2D eigenvalue weighted by Crippen LogP contribution is -2.11. The van der Waals surface area contributed by atoms with Crippen LogP contribution in [0.3, 0.4) is 0 Å². The molecule has 0 aromatic carbocycles. The Morgan fingerprint density at radius 2 is 2.62 bits per heavy atom. The van der Waals surface area contributed by atoms with Crippen LogP contribution in [-0.4, -0.2) is 22.9 Å². The van der Waals surface area contributed by atoms with Crippen molar-refractivity contribution in [1.82, 2.24) is 15.1 Å². The van der Waals surface area contributed by atoms with E-state index in [-0.39, 0.29) is 0 Å². The second-order valence-corrected chi connectivity index (χ2v) is 4.48. The third kappa shape index (κ3) is 2.54. The van der Waals surface area contributed by atoms with Gasteiger partial charge in [-0.05, 0) is 47.8 Å². The summed E-state index contributed by atoms with van der Waals surface area (Å²) in [5.74, 6) is 0.850. The average Bonchev–Trinajstić information content (AvgIpc) is 2.71. The molecule has 1 unspecified atom stereocenters. The molecular weight excluding hydrogens is 230 g/mol. The van der Waals surface area contributed by atoms with Gasteiger partial charge >= 0.3 is 0 Å². The molecule has 72 valence electrons. The average molecular weight is 244 g/mol. The summed E-state index contributed by atoms with van der Waals surface area (Å²) in [6.07, 6.45) is 6.43. The Morgan fingerprint density at radius 1 is 1.69 bits per heavy atom. The van der Waals surface area contributed by atoms with Crippen LogP contribution in [0.1, 0.15) is 12.8 Å². The molecule has 13 heavy (non-hydrogen) atoms. The minimum Gasteiger partial charge on any atom is -0.316 e. The smallest absolute Gasteiger partial charge is 0.0632 e. The summed E-state index contributed by atoms with van der Waals surface area (Å²) in [6.45, 7) is 3.41. The van der Waals surface area contributed by atoms with Gasteiger partial charge in [-0.1, -0.05) is 0 Å². The first-order valence-corrected chi connectivity index (χ1v) is 5.52. The quantitative estimate of drug-likeness (QED) is 0.876. The maximum absolute atomic E-state index is 4.23. The Bertz CT molecular complexity index is 266. The van der Waals surface area contributed by atoms with E-state index in [4.69, 9.17) is 0 Å². The maximum atomic E-state index is 4.23. The lowest BCUT2D eigenvalue weighted by molar-refractivity contribution is 0.458. The lowest BCUT2D eigenvalue weighted by Gasteiger charge is -2.07. The zero-order valence-corrected chi connectivity index (χ0v) is 9.13. The third-order valence-corrected chi connectivity index (χ3v) is 2.94. The van der Waals surface area contributed by atoms with Crippen LogP contribution in [0.4, 0.5) is 0 Å². The van der Waals surface area contributed by atoms with Gasteiger partial charge < -0.3 is 5.32 Å². The predicted molar refractivity (Wildman–Crippen MR) is 55.5 cm³/mol. The fraction of sp³-hybridized carbons (Fsp3) is 0.667. The Hall–Kier alpha value is -0.350. The van der Waals surface area contributed by atoms with E-state index < -0.39 is 0 Å². The van der Waals surface area contributed by atoms with Crippen molar-refractivity contribution in [2.45, 2.75) is 19.4 Å². The predicted octanol–water partition coefficient (Wildman–Crippen LogP) is 1.65. The molecule has 0 bridgehead atoms. The number of hydrogen-bond acceptors (Lipinski definition) is 2. The van der Waals surface area contributed by atoms with E-state index in [0.29, 0.717) is 0 Å². The van der Waals surface area contributed by atoms with E-state index in [9.17, 15) is 0 Å². The van der Waals surface area contributed by atoms with Crippen LogP contribution >= 0.6 is 15.9 Å². The number of halogens is 1. The molecule has 0 radical (unpaired) electrons. The molecular formula is C9H14BrN3. The highest BCUT2D eigenvalue weighted by Crippen LogP contribution is 2.14.